The Balaban J connectivity index is 1.60. The molecule has 1 aliphatic rings. The zero-order chi connectivity index (χ0) is 27.7. The van der Waals surface area contributed by atoms with Crippen LogP contribution in [0.4, 0.5) is 0 Å². The van der Waals surface area contributed by atoms with Crippen LogP contribution in [0.15, 0.2) is 72.8 Å². The van der Waals surface area contributed by atoms with Crippen LogP contribution in [0.25, 0.3) is 0 Å². The first-order valence-corrected chi connectivity index (χ1v) is 17.7. The maximum absolute atomic E-state index is 13.9. The highest BCUT2D eigenvalue weighted by Crippen LogP contribution is 2.28. The van der Waals surface area contributed by atoms with E-state index in [4.69, 9.17) is 0 Å². The number of benzene rings is 4. The van der Waals surface area contributed by atoms with Crippen LogP contribution in [-0.2, 0) is 51.2 Å². The number of carbonyl (C=O) groups excluding carboxylic acids is 1. The van der Waals surface area contributed by atoms with Crippen molar-refractivity contribution < 1.29 is 4.79 Å². The van der Waals surface area contributed by atoms with Crippen LogP contribution in [-0.4, -0.2) is 18.3 Å². The third-order valence-corrected chi connectivity index (χ3v) is 11.7. The summed E-state index contributed by atoms with van der Waals surface area (Å²) in [4.78, 5) is 13.9. The fraction of sp³-hybridized carbons (Fsp3) is 0.306. The van der Waals surface area contributed by atoms with E-state index in [0.29, 0.717) is 0 Å². The van der Waals surface area contributed by atoms with Crippen LogP contribution in [0.3, 0.4) is 0 Å². The molecule has 39 heavy (non-hydrogen) atoms. The first-order chi connectivity index (χ1) is 18.7. The molecule has 0 aliphatic carbocycles. The predicted octanol–water partition coefficient (Wildman–Crippen LogP) is 7.95. The molecule has 0 spiro atoms. The zero-order valence-electron chi connectivity index (χ0n) is 24.2. The van der Waals surface area contributed by atoms with Gasteiger partial charge in [0.05, 0.1) is 12.5 Å². The summed E-state index contributed by atoms with van der Waals surface area (Å²) in [6.45, 7) is 8.88. The van der Waals surface area contributed by atoms with Crippen LogP contribution in [0.5, 0.6) is 0 Å². The lowest BCUT2D eigenvalue weighted by molar-refractivity contribution is 0.103. The first kappa shape index (κ1) is 27.8. The van der Waals surface area contributed by atoms with Gasteiger partial charge in [-0.15, -0.1) is 0 Å². The minimum Gasteiger partial charge on any atom is -0.289 e. The van der Waals surface area contributed by atoms with Crippen LogP contribution in [0.2, 0.25) is 0 Å². The summed E-state index contributed by atoms with van der Waals surface area (Å²) in [5, 5.41) is 0. The minimum absolute atomic E-state index is 0.155. The Morgan fingerprint density at radius 2 is 0.769 bits per heavy atom. The second-order valence-corrected chi connectivity index (χ2v) is 15.5. The van der Waals surface area contributed by atoms with E-state index in [1.54, 1.807) is 0 Å². The standard InChI is InChI=1S/C36H40OS2/c1-24-28-11-7-13-30(24)20-38(5)22-32-15-9-17-34(26(32)3)36(37)35-18-10-16-33(27(35)4)23-39(6)21-31-14-8-12-29(19-28)25(31)2/h7-18H,19-23H2,1-6H3/q+2. The van der Waals surface area contributed by atoms with Crippen molar-refractivity contribution in [3.8, 4) is 0 Å². The first-order valence-electron chi connectivity index (χ1n) is 13.8. The highest BCUT2D eigenvalue weighted by atomic mass is 32.2. The van der Waals surface area contributed by atoms with Gasteiger partial charge >= 0.3 is 0 Å². The van der Waals surface area contributed by atoms with Crippen molar-refractivity contribution in [2.24, 2.45) is 0 Å². The van der Waals surface area contributed by atoms with Gasteiger partial charge in [0.2, 0.25) is 0 Å². The maximum Gasteiger partial charge on any atom is 0.193 e. The summed E-state index contributed by atoms with van der Waals surface area (Å²) in [6, 6.07) is 26.3. The third kappa shape index (κ3) is 5.90. The van der Waals surface area contributed by atoms with E-state index in [0.717, 1.165) is 51.7 Å². The van der Waals surface area contributed by atoms with Gasteiger partial charge in [-0.25, -0.2) is 0 Å². The van der Waals surface area contributed by atoms with Crippen LogP contribution in [0.1, 0.15) is 71.6 Å². The summed E-state index contributed by atoms with van der Waals surface area (Å²) < 4.78 is 0. The van der Waals surface area contributed by atoms with Crippen molar-refractivity contribution in [2.75, 3.05) is 12.5 Å². The lowest BCUT2D eigenvalue weighted by Gasteiger charge is -2.17. The summed E-state index contributed by atoms with van der Waals surface area (Å²) >= 11 is 0. The molecule has 2 unspecified atom stereocenters. The molecule has 0 fully saturated rings. The molecule has 2 atom stereocenters. The normalized spacial score (nSPS) is 18.1. The summed E-state index contributed by atoms with van der Waals surface area (Å²) in [5.41, 5.74) is 15.2. The molecule has 0 saturated carbocycles. The average Bonchev–Trinajstić information content (AvgIpc) is 2.90. The van der Waals surface area contributed by atoms with E-state index >= 15 is 0 Å². The summed E-state index contributed by atoms with van der Waals surface area (Å²) in [5.74, 6) is 4.28. The average molecular weight is 553 g/mol. The van der Waals surface area contributed by atoms with Crippen LogP contribution >= 0.6 is 0 Å². The lowest BCUT2D eigenvalue weighted by Crippen LogP contribution is -2.14. The lowest BCUT2D eigenvalue weighted by atomic mass is 9.92. The summed E-state index contributed by atoms with van der Waals surface area (Å²) in [7, 11) is 0.328. The van der Waals surface area contributed by atoms with Crippen molar-refractivity contribution in [3.63, 3.8) is 0 Å². The summed E-state index contributed by atoms with van der Waals surface area (Å²) in [6.07, 6.45) is 5.73. The number of hydrogen-bond acceptors (Lipinski definition) is 1. The number of fused-ring (bicyclic) bond motifs is 8. The molecule has 4 aromatic rings. The molecule has 0 radical (unpaired) electrons. The number of carbonyl (C=O) groups is 1. The Bertz CT molecular complexity index is 1420. The molecular formula is C36H40OS2+2. The molecule has 1 heterocycles. The molecule has 0 saturated heterocycles. The third-order valence-electron chi connectivity index (χ3n) is 8.49. The Hall–Kier alpha value is -2.75. The molecule has 0 amide bonds. The molecule has 5 rings (SSSR count). The van der Waals surface area contributed by atoms with E-state index in [2.05, 4.69) is 101 Å². The molecule has 1 nitrogen and oxygen atoms in total. The molecule has 1 aliphatic heterocycles. The molecule has 0 N–H and O–H groups in total. The van der Waals surface area contributed by atoms with Gasteiger partial charge in [-0.2, -0.15) is 0 Å². The fourth-order valence-electron chi connectivity index (χ4n) is 5.85. The van der Waals surface area contributed by atoms with Gasteiger partial charge in [0, 0.05) is 33.4 Å². The predicted molar refractivity (Wildman–Crippen MR) is 172 cm³/mol. The van der Waals surface area contributed by atoms with E-state index in [1.807, 2.05) is 12.1 Å². The van der Waals surface area contributed by atoms with E-state index in [9.17, 15) is 4.79 Å². The smallest absolute Gasteiger partial charge is 0.193 e. The highest BCUT2D eigenvalue weighted by molar-refractivity contribution is 7.94. The van der Waals surface area contributed by atoms with E-state index in [-0.39, 0.29) is 27.6 Å². The van der Waals surface area contributed by atoms with Crippen molar-refractivity contribution in [2.45, 2.75) is 57.1 Å². The van der Waals surface area contributed by atoms with E-state index in [1.165, 1.54) is 44.5 Å². The van der Waals surface area contributed by atoms with Crippen LogP contribution in [0, 0.1) is 27.7 Å². The quantitative estimate of drug-likeness (QED) is 0.202. The highest BCUT2D eigenvalue weighted by Gasteiger charge is 2.24. The molecule has 200 valence electrons. The SMILES string of the molecule is Cc1c2cccc1C[S+](C)Cc1cccc(c1C)C(=O)c1cccc(c1C)C[S+](C)Cc1cccc(c1C)C2. The molecule has 0 aromatic heterocycles. The Kier molecular flexibility index (Phi) is 8.40. The van der Waals surface area contributed by atoms with Gasteiger partial charge in [-0.05, 0) is 89.3 Å². The number of rotatable bonds is 0. The number of ketones is 1. The Morgan fingerprint density at radius 1 is 0.462 bits per heavy atom. The topological polar surface area (TPSA) is 17.1 Å². The zero-order valence-corrected chi connectivity index (χ0v) is 25.8. The molecular weight excluding hydrogens is 513 g/mol. The molecule has 3 heteroatoms. The minimum atomic E-state index is 0.155. The van der Waals surface area contributed by atoms with Crippen LogP contribution < -0.4 is 0 Å². The van der Waals surface area contributed by atoms with Crippen molar-refractivity contribution in [1.82, 2.24) is 0 Å². The Morgan fingerprint density at radius 3 is 1.15 bits per heavy atom. The van der Waals surface area contributed by atoms with Gasteiger partial charge in [0.15, 0.2) is 5.78 Å². The Labute approximate surface area is 240 Å². The van der Waals surface area contributed by atoms with E-state index < -0.39 is 0 Å². The second kappa shape index (κ2) is 11.8. The molecule has 4 aromatic carbocycles. The van der Waals surface area contributed by atoms with Gasteiger partial charge in [0.1, 0.15) is 23.0 Å². The largest absolute Gasteiger partial charge is 0.289 e. The second-order valence-electron chi connectivity index (χ2n) is 11.2. The van der Waals surface area contributed by atoms with Gasteiger partial charge in [-0.1, -0.05) is 72.8 Å². The van der Waals surface area contributed by atoms with Crippen molar-refractivity contribution in [1.29, 1.82) is 0 Å². The van der Waals surface area contributed by atoms with Crippen molar-refractivity contribution >= 4 is 27.6 Å². The van der Waals surface area contributed by atoms with Gasteiger partial charge < -0.3 is 0 Å². The monoisotopic (exact) mass is 552 g/mol. The fourth-order valence-corrected chi connectivity index (χ4v) is 9.43. The van der Waals surface area contributed by atoms with Crippen molar-refractivity contribution in [3.05, 3.63) is 140 Å². The van der Waals surface area contributed by atoms with Gasteiger partial charge in [-0.3, -0.25) is 4.79 Å². The molecule has 8 bridgehead atoms. The number of hydrogen-bond donors (Lipinski definition) is 0. The van der Waals surface area contributed by atoms with Gasteiger partial charge in [0.25, 0.3) is 0 Å². The maximum atomic E-state index is 13.9.